The lowest BCUT2D eigenvalue weighted by Gasteiger charge is -2.36. The van der Waals surface area contributed by atoms with E-state index in [1.165, 1.54) is 17.8 Å². The number of para-hydroxylation sites is 1. The Labute approximate surface area is 151 Å². The molecule has 0 bridgehead atoms. The summed E-state index contributed by atoms with van der Waals surface area (Å²) in [5.41, 5.74) is 3.25. The van der Waals surface area contributed by atoms with E-state index in [0.29, 0.717) is 0 Å². The van der Waals surface area contributed by atoms with Gasteiger partial charge in [-0.25, -0.2) is 4.39 Å². The van der Waals surface area contributed by atoms with Gasteiger partial charge in [0.05, 0.1) is 12.6 Å². The molecule has 2 aromatic heterocycles. The van der Waals surface area contributed by atoms with Crippen LogP contribution in [0.2, 0.25) is 0 Å². The van der Waals surface area contributed by atoms with E-state index in [-0.39, 0.29) is 11.9 Å². The minimum absolute atomic E-state index is 0.0903. The lowest BCUT2D eigenvalue weighted by molar-refractivity contribution is 0.163. The fourth-order valence-corrected chi connectivity index (χ4v) is 3.94. The van der Waals surface area contributed by atoms with Crippen LogP contribution in [0.25, 0.3) is 11.0 Å². The number of benzene rings is 2. The largest absolute Gasteiger partial charge is 0.460 e. The molecule has 4 heteroatoms. The molecule has 1 aliphatic rings. The maximum absolute atomic E-state index is 13.4. The molecule has 3 nitrogen and oxygen atoms in total. The van der Waals surface area contributed by atoms with Gasteiger partial charge in [-0.2, -0.15) is 0 Å². The zero-order valence-corrected chi connectivity index (χ0v) is 14.3. The molecule has 0 saturated heterocycles. The molecule has 2 aromatic carbocycles. The Morgan fingerprint density at radius 3 is 2.65 bits per heavy atom. The summed E-state index contributed by atoms with van der Waals surface area (Å²) in [7, 11) is 0. The first-order valence-electron chi connectivity index (χ1n) is 8.90. The summed E-state index contributed by atoms with van der Waals surface area (Å²) in [5, 5.41) is 1.13. The van der Waals surface area contributed by atoms with Gasteiger partial charge < -0.3 is 8.98 Å². The molecule has 1 unspecified atom stereocenters. The van der Waals surface area contributed by atoms with E-state index in [1.807, 2.05) is 30.3 Å². The summed E-state index contributed by atoms with van der Waals surface area (Å²) in [6.45, 7) is 2.59. The van der Waals surface area contributed by atoms with Crippen LogP contribution < -0.4 is 0 Å². The maximum Gasteiger partial charge on any atom is 0.134 e. The van der Waals surface area contributed by atoms with Crippen LogP contribution in [0.4, 0.5) is 4.39 Å². The molecular formula is C22H19FN2O. The highest BCUT2D eigenvalue weighted by atomic mass is 19.1. The van der Waals surface area contributed by atoms with Crippen molar-refractivity contribution in [3.8, 4) is 0 Å². The van der Waals surface area contributed by atoms with E-state index in [9.17, 15) is 4.39 Å². The number of aromatic nitrogens is 1. The molecule has 0 radical (unpaired) electrons. The normalized spacial score (nSPS) is 17.5. The highest BCUT2D eigenvalue weighted by Gasteiger charge is 2.29. The number of rotatable bonds is 3. The molecule has 1 atom stereocenters. The van der Waals surface area contributed by atoms with Crippen molar-refractivity contribution >= 4 is 11.0 Å². The lowest BCUT2D eigenvalue weighted by atomic mass is 9.99. The lowest BCUT2D eigenvalue weighted by Crippen LogP contribution is -2.37. The quantitative estimate of drug-likeness (QED) is 0.522. The van der Waals surface area contributed by atoms with Crippen molar-refractivity contribution in [1.82, 2.24) is 9.47 Å². The molecule has 4 aromatic rings. The number of nitrogens with zero attached hydrogens (tertiary/aromatic N) is 2. The van der Waals surface area contributed by atoms with Crippen LogP contribution in [0.5, 0.6) is 0 Å². The fourth-order valence-electron chi connectivity index (χ4n) is 3.94. The van der Waals surface area contributed by atoms with Gasteiger partial charge in [-0.3, -0.25) is 4.90 Å². The van der Waals surface area contributed by atoms with Crippen LogP contribution in [-0.2, 0) is 13.1 Å². The monoisotopic (exact) mass is 346 g/mol. The third-order valence-corrected chi connectivity index (χ3v) is 5.16. The minimum atomic E-state index is -0.205. The molecule has 0 aliphatic carbocycles. The summed E-state index contributed by atoms with van der Waals surface area (Å²) >= 11 is 0. The van der Waals surface area contributed by atoms with Crippen LogP contribution in [-0.4, -0.2) is 16.0 Å². The first-order valence-corrected chi connectivity index (χ1v) is 8.90. The molecule has 1 aliphatic heterocycles. The van der Waals surface area contributed by atoms with Crippen molar-refractivity contribution in [2.24, 2.45) is 0 Å². The Morgan fingerprint density at radius 1 is 0.962 bits per heavy atom. The molecule has 0 fully saturated rings. The van der Waals surface area contributed by atoms with Gasteiger partial charge in [0, 0.05) is 30.4 Å². The zero-order valence-electron chi connectivity index (χ0n) is 14.3. The van der Waals surface area contributed by atoms with Crippen LogP contribution >= 0.6 is 0 Å². The van der Waals surface area contributed by atoms with Crippen molar-refractivity contribution in [2.45, 2.75) is 19.1 Å². The van der Waals surface area contributed by atoms with Gasteiger partial charge in [-0.05, 0) is 42.0 Å². The van der Waals surface area contributed by atoms with Gasteiger partial charge in [-0.1, -0.05) is 30.3 Å². The Hall–Kier alpha value is -2.85. The summed E-state index contributed by atoms with van der Waals surface area (Å²) < 4.78 is 21.7. The van der Waals surface area contributed by atoms with E-state index < -0.39 is 0 Å². The molecule has 5 rings (SSSR count). The summed E-state index contributed by atoms with van der Waals surface area (Å²) in [5.74, 6) is 0.752. The van der Waals surface area contributed by atoms with Crippen LogP contribution in [0.15, 0.2) is 77.3 Å². The standard InChI is InChI=1S/C22H19FN2O/c23-18-9-7-16(8-10-18)22-20-5-3-11-24(20)12-13-25(22)15-19-14-17-4-1-2-6-21(17)26-19/h1-11,14,22H,12-13,15H2. The van der Waals surface area contributed by atoms with Crippen molar-refractivity contribution < 1.29 is 8.81 Å². The van der Waals surface area contributed by atoms with Gasteiger partial charge in [0.1, 0.15) is 17.2 Å². The van der Waals surface area contributed by atoms with E-state index >= 15 is 0 Å². The van der Waals surface area contributed by atoms with Crippen molar-refractivity contribution in [3.63, 3.8) is 0 Å². The molecule has 3 heterocycles. The van der Waals surface area contributed by atoms with Crippen LogP contribution in [0.1, 0.15) is 23.1 Å². The van der Waals surface area contributed by atoms with Crippen molar-refractivity contribution in [1.29, 1.82) is 0 Å². The number of hydrogen-bond acceptors (Lipinski definition) is 2. The highest BCUT2D eigenvalue weighted by Crippen LogP contribution is 2.34. The van der Waals surface area contributed by atoms with Gasteiger partial charge in [0.15, 0.2) is 0 Å². The van der Waals surface area contributed by atoms with E-state index in [2.05, 4.69) is 39.9 Å². The Bertz CT molecular complexity index is 1010. The average molecular weight is 346 g/mol. The summed E-state index contributed by atoms with van der Waals surface area (Å²) in [6.07, 6.45) is 2.12. The molecule has 0 saturated carbocycles. The molecule has 130 valence electrons. The molecule has 0 spiro atoms. The number of fused-ring (bicyclic) bond motifs is 2. The smallest absolute Gasteiger partial charge is 0.134 e. The first-order chi connectivity index (χ1) is 12.8. The topological polar surface area (TPSA) is 21.3 Å². The van der Waals surface area contributed by atoms with E-state index in [4.69, 9.17) is 4.42 Å². The second kappa shape index (κ2) is 6.15. The zero-order chi connectivity index (χ0) is 17.5. The van der Waals surface area contributed by atoms with Crippen LogP contribution in [0.3, 0.4) is 0 Å². The molecule has 0 amide bonds. The predicted octanol–water partition coefficient (Wildman–Crippen LogP) is 4.98. The average Bonchev–Trinajstić information content (AvgIpc) is 3.28. The maximum atomic E-state index is 13.4. The molecule has 26 heavy (non-hydrogen) atoms. The highest BCUT2D eigenvalue weighted by molar-refractivity contribution is 5.77. The predicted molar refractivity (Wildman–Crippen MR) is 99.3 cm³/mol. The van der Waals surface area contributed by atoms with Crippen LogP contribution in [0, 0.1) is 5.82 Å². The second-order valence-corrected chi connectivity index (χ2v) is 6.80. The van der Waals surface area contributed by atoms with Gasteiger partial charge >= 0.3 is 0 Å². The fraction of sp³-hybridized carbons (Fsp3) is 0.182. The van der Waals surface area contributed by atoms with E-state index in [0.717, 1.165) is 41.9 Å². The number of hydrogen-bond donors (Lipinski definition) is 0. The van der Waals surface area contributed by atoms with Gasteiger partial charge in [0.2, 0.25) is 0 Å². The number of furan rings is 1. The number of halogens is 1. The Kier molecular flexibility index (Phi) is 3.64. The SMILES string of the molecule is Fc1ccc(C2c3cccn3CCN2Cc2cc3ccccc3o2)cc1. The summed E-state index contributed by atoms with van der Waals surface area (Å²) in [6, 6.07) is 21.4. The third kappa shape index (κ3) is 2.63. The molecule has 0 N–H and O–H groups in total. The summed E-state index contributed by atoms with van der Waals surface area (Å²) in [4.78, 5) is 2.40. The minimum Gasteiger partial charge on any atom is -0.460 e. The van der Waals surface area contributed by atoms with Crippen molar-refractivity contribution in [3.05, 3.63) is 95.8 Å². The van der Waals surface area contributed by atoms with E-state index in [1.54, 1.807) is 0 Å². The molecular weight excluding hydrogens is 327 g/mol. The Balaban J connectivity index is 1.52. The Morgan fingerprint density at radius 2 is 1.81 bits per heavy atom. The van der Waals surface area contributed by atoms with Gasteiger partial charge in [-0.15, -0.1) is 0 Å². The second-order valence-electron chi connectivity index (χ2n) is 6.80. The van der Waals surface area contributed by atoms with Crippen molar-refractivity contribution in [2.75, 3.05) is 6.54 Å². The van der Waals surface area contributed by atoms with Gasteiger partial charge in [0.25, 0.3) is 0 Å². The third-order valence-electron chi connectivity index (χ3n) is 5.16. The first kappa shape index (κ1) is 15.4.